The fourth-order valence-corrected chi connectivity index (χ4v) is 5.28. The van der Waals surface area contributed by atoms with Crippen LogP contribution >= 0.6 is 0 Å². The second-order valence-electron chi connectivity index (χ2n) is 7.29. The molecule has 1 aliphatic heterocycles. The smallest absolute Gasteiger partial charge is 0.261 e. The summed E-state index contributed by atoms with van der Waals surface area (Å²) < 4.78 is 27.3. The standard InChI is InChI=1S/C21H18N6O4S/c28-20(14-5-3-6-15(11-14)26-9-4-10-32(26,30)31)25-17-7-1-2-8-18(17)27-19-16(12-24-27)21(29)23-13-22-19/h1-3,5-8,11-13H,4,9-10H2,(H,25,28)(H,22,23,29). The molecule has 0 saturated carbocycles. The highest BCUT2D eigenvalue weighted by atomic mass is 32.2. The molecular weight excluding hydrogens is 432 g/mol. The number of sulfonamides is 1. The Morgan fingerprint density at radius 3 is 2.78 bits per heavy atom. The number of amides is 1. The number of aromatic amines is 1. The summed E-state index contributed by atoms with van der Waals surface area (Å²) >= 11 is 0. The molecule has 11 heteroatoms. The number of fused-ring (bicyclic) bond motifs is 1. The van der Waals surface area contributed by atoms with Crippen LogP contribution in [0.3, 0.4) is 0 Å². The van der Waals surface area contributed by atoms with Gasteiger partial charge in [-0.1, -0.05) is 18.2 Å². The second-order valence-corrected chi connectivity index (χ2v) is 9.30. The van der Waals surface area contributed by atoms with Crippen molar-refractivity contribution in [2.75, 3.05) is 21.9 Å². The van der Waals surface area contributed by atoms with Crippen molar-refractivity contribution in [2.24, 2.45) is 0 Å². The Morgan fingerprint density at radius 2 is 1.97 bits per heavy atom. The van der Waals surface area contributed by atoms with Crippen molar-refractivity contribution >= 4 is 38.3 Å². The summed E-state index contributed by atoms with van der Waals surface area (Å²) in [6.45, 7) is 0.398. The maximum absolute atomic E-state index is 13.0. The predicted octanol–water partition coefficient (Wildman–Crippen LogP) is 1.90. The number of benzene rings is 2. The summed E-state index contributed by atoms with van der Waals surface area (Å²) in [4.78, 5) is 31.7. The van der Waals surface area contributed by atoms with Gasteiger partial charge in [0.25, 0.3) is 11.5 Å². The van der Waals surface area contributed by atoms with Crippen molar-refractivity contribution < 1.29 is 13.2 Å². The first-order valence-corrected chi connectivity index (χ1v) is 11.5. The minimum atomic E-state index is -3.35. The maximum Gasteiger partial charge on any atom is 0.261 e. The van der Waals surface area contributed by atoms with Crippen LogP contribution in [0.2, 0.25) is 0 Å². The molecule has 32 heavy (non-hydrogen) atoms. The minimum absolute atomic E-state index is 0.103. The van der Waals surface area contributed by atoms with Crippen LogP contribution in [0, 0.1) is 0 Å². The lowest BCUT2D eigenvalue weighted by Crippen LogP contribution is -2.25. The lowest BCUT2D eigenvalue weighted by atomic mass is 10.1. The summed E-state index contributed by atoms with van der Waals surface area (Å²) in [6.07, 6.45) is 3.27. The summed E-state index contributed by atoms with van der Waals surface area (Å²) in [5.74, 6) is -0.302. The highest BCUT2D eigenvalue weighted by Gasteiger charge is 2.28. The molecule has 0 atom stereocenters. The third-order valence-corrected chi connectivity index (χ3v) is 7.12. The zero-order chi connectivity index (χ0) is 22.3. The fraction of sp³-hybridized carbons (Fsp3) is 0.143. The molecule has 2 aromatic carbocycles. The zero-order valence-electron chi connectivity index (χ0n) is 16.7. The number of para-hydroxylation sites is 2. The molecule has 2 N–H and O–H groups in total. The maximum atomic E-state index is 13.0. The summed E-state index contributed by atoms with van der Waals surface area (Å²) in [5, 5.41) is 7.44. The van der Waals surface area contributed by atoms with Crippen LogP contribution in [-0.2, 0) is 10.0 Å². The summed E-state index contributed by atoms with van der Waals surface area (Å²) in [5.41, 5.74) is 1.83. The van der Waals surface area contributed by atoms with Crippen LogP contribution < -0.4 is 15.2 Å². The van der Waals surface area contributed by atoms with Crippen molar-refractivity contribution in [3.8, 4) is 5.69 Å². The van der Waals surface area contributed by atoms with Gasteiger partial charge in [-0.2, -0.15) is 5.10 Å². The third kappa shape index (κ3) is 3.42. The first-order valence-electron chi connectivity index (χ1n) is 9.87. The number of rotatable bonds is 4. The van der Waals surface area contributed by atoms with E-state index in [1.54, 1.807) is 48.5 Å². The molecule has 4 aromatic rings. The number of nitrogens with one attached hydrogen (secondary N) is 2. The number of anilines is 2. The SMILES string of the molecule is O=C(Nc1ccccc1-n1ncc2c(=O)[nH]cnc21)c1cccc(N2CCCS2(=O)=O)c1. The van der Waals surface area contributed by atoms with Gasteiger partial charge in [-0.25, -0.2) is 18.1 Å². The van der Waals surface area contributed by atoms with Crippen LogP contribution in [0.25, 0.3) is 16.7 Å². The monoisotopic (exact) mass is 450 g/mol. The number of hydrogen-bond acceptors (Lipinski definition) is 6. The fourth-order valence-electron chi connectivity index (χ4n) is 3.72. The average molecular weight is 450 g/mol. The predicted molar refractivity (Wildman–Crippen MR) is 120 cm³/mol. The van der Waals surface area contributed by atoms with Gasteiger partial charge >= 0.3 is 0 Å². The number of carbonyl (C=O) groups excluding carboxylic acids is 1. The molecule has 0 spiro atoms. The molecule has 1 fully saturated rings. The molecule has 0 unspecified atom stereocenters. The van der Waals surface area contributed by atoms with Gasteiger partial charge in [0.15, 0.2) is 5.65 Å². The van der Waals surface area contributed by atoms with Gasteiger partial charge < -0.3 is 10.3 Å². The Labute approximate surface area is 182 Å². The van der Waals surface area contributed by atoms with Crippen LogP contribution in [0.5, 0.6) is 0 Å². The van der Waals surface area contributed by atoms with Crippen molar-refractivity contribution in [3.05, 3.63) is 77.0 Å². The molecule has 5 rings (SSSR count). The van der Waals surface area contributed by atoms with E-state index in [1.165, 1.54) is 21.5 Å². The average Bonchev–Trinajstić information content (AvgIpc) is 3.38. The van der Waals surface area contributed by atoms with Gasteiger partial charge in [0, 0.05) is 12.1 Å². The number of hydrogen-bond donors (Lipinski definition) is 2. The van der Waals surface area contributed by atoms with Gasteiger partial charge in [0.05, 0.1) is 35.3 Å². The normalized spacial score (nSPS) is 15.2. The Morgan fingerprint density at radius 1 is 1.12 bits per heavy atom. The first kappa shape index (κ1) is 19.9. The molecule has 0 radical (unpaired) electrons. The lowest BCUT2D eigenvalue weighted by Gasteiger charge is -2.18. The molecule has 3 heterocycles. The van der Waals surface area contributed by atoms with E-state index in [2.05, 4.69) is 20.4 Å². The van der Waals surface area contributed by atoms with E-state index in [4.69, 9.17) is 0 Å². The highest BCUT2D eigenvalue weighted by molar-refractivity contribution is 7.93. The van der Waals surface area contributed by atoms with E-state index in [0.29, 0.717) is 46.6 Å². The Bertz CT molecular complexity index is 1510. The highest BCUT2D eigenvalue weighted by Crippen LogP contribution is 2.26. The van der Waals surface area contributed by atoms with E-state index in [-0.39, 0.29) is 11.3 Å². The summed E-state index contributed by atoms with van der Waals surface area (Å²) in [6, 6.07) is 13.5. The minimum Gasteiger partial charge on any atom is -0.320 e. The number of nitrogens with zero attached hydrogens (tertiary/aromatic N) is 4. The summed E-state index contributed by atoms with van der Waals surface area (Å²) in [7, 11) is -3.35. The lowest BCUT2D eigenvalue weighted by molar-refractivity contribution is 0.102. The van der Waals surface area contributed by atoms with Crippen LogP contribution in [-0.4, -0.2) is 46.4 Å². The molecule has 0 bridgehead atoms. The van der Waals surface area contributed by atoms with Gasteiger partial charge in [-0.3, -0.25) is 13.9 Å². The van der Waals surface area contributed by atoms with E-state index >= 15 is 0 Å². The quantitative estimate of drug-likeness (QED) is 0.488. The van der Waals surface area contributed by atoms with Crippen LogP contribution in [0.1, 0.15) is 16.8 Å². The van der Waals surface area contributed by atoms with E-state index in [0.717, 1.165) is 0 Å². The first-order chi connectivity index (χ1) is 15.4. The van der Waals surface area contributed by atoms with Gasteiger partial charge in [-0.05, 0) is 36.8 Å². The van der Waals surface area contributed by atoms with Crippen molar-refractivity contribution in [2.45, 2.75) is 6.42 Å². The second kappa shape index (κ2) is 7.61. The van der Waals surface area contributed by atoms with E-state index in [1.807, 2.05) is 0 Å². The Kier molecular flexibility index (Phi) is 4.74. The number of H-pyrrole nitrogens is 1. The van der Waals surface area contributed by atoms with Crippen molar-refractivity contribution in [3.63, 3.8) is 0 Å². The van der Waals surface area contributed by atoms with E-state index < -0.39 is 15.9 Å². The van der Waals surface area contributed by atoms with Gasteiger partial charge in [0.2, 0.25) is 10.0 Å². The largest absolute Gasteiger partial charge is 0.320 e. The van der Waals surface area contributed by atoms with E-state index in [9.17, 15) is 18.0 Å². The topological polar surface area (TPSA) is 130 Å². The molecule has 1 amide bonds. The molecule has 162 valence electrons. The zero-order valence-corrected chi connectivity index (χ0v) is 17.5. The van der Waals surface area contributed by atoms with Gasteiger partial charge in [0.1, 0.15) is 5.39 Å². The molecule has 10 nitrogen and oxygen atoms in total. The molecule has 0 aliphatic carbocycles. The van der Waals surface area contributed by atoms with Crippen LogP contribution in [0.4, 0.5) is 11.4 Å². The van der Waals surface area contributed by atoms with Gasteiger partial charge in [-0.15, -0.1) is 0 Å². The molecule has 1 aliphatic rings. The molecular formula is C21H18N6O4S. The number of aromatic nitrogens is 4. The van der Waals surface area contributed by atoms with Crippen molar-refractivity contribution in [1.29, 1.82) is 0 Å². The third-order valence-electron chi connectivity index (χ3n) is 5.25. The van der Waals surface area contributed by atoms with Crippen molar-refractivity contribution in [1.82, 2.24) is 19.7 Å². The molecule has 2 aromatic heterocycles. The molecule has 1 saturated heterocycles. The Balaban J connectivity index is 1.48. The number of carbonyl (C=O) groups is 1. The Hall–Kier alpha value is -3.99. The van der Waals surface area contributed by atoms with Crippen LogP contribution in [0.15, 0.2) is 65.8 Å².